The summed E-state index contributed by atoms with van der Waals surface area (Å²) in [6, 6.07) is 11.8. The number of benzene rings is 2. The van der Waals surface area contributed by atoms with Gasteiger partial charge in [0, 0.05) is 24.1 Å². The number of methoxy groups -OCH3 is 1. The van der Waals surface area contributed by atoms with Gasteiger partial charge >= 0.3 is 5.63 Å². The molecule has 1 heterocycles. The van der Waals surface area contributed by atoms with Crippen LogP contribution in [0.25, 0.3) is 11.0 Å². The number of nitrogens with one attached hydrogen (secondary N) is 1. The van der Waals surface area contributed by atoms with Crippen molar-refractivity contribution in [1.82, 2.24) is 5.32 Å². The van der Waals surface area contributed by atoms with Crippen molar-refractivity contribution in [3.63, 3.8) is 0 Å². The number of rotatable bonds is 4. The fourth-order valence-electron chi connectivity index (χ4n) is 2.34. The molecule has 1 N–H and O–H groups in total. The molecule has 0 aliphatic rings. The number of amides is 1. The van der Waals surface area contributed by atoms with Gasteiger partial charge in [-0.3, -0.25) is 4.79 Å². The van der Waals surface area contributed by atoms with Crippen molar-refractivity contribution < 1.29 is 18.3 Å². The number of fused-ring (bicyclic) bond motifs is 1. The molecule has 1 amide bonds. The number of halogens is 1. The SMILES string of the molecule is COc1ccc2c(C(=O)NCc3ccc(F)cc3)cc(=O)oc2c1. The van der Waals surface area contributed by atoms with E-state index in [0.717, 1.165) is 11.6 Å². The number of carbonyl (C=O) groups is 1. The molecule has 0 aliphatic heterocycles. The standard InChI is InChI=1S/C18H14FNO4/c1-23-13-6-7-14-15(9-17(21)24-16(14)8-13)18(22)20-10-11-2-4-12(19)5-3-11/h2-9H,10H2,1H3,(H,20,22). The third kappa shape index (κ3) is 3.27. The maximum Gasteiger partial charge on any atom is 0.337 e. The van der Waals surface area contributed by atoms with Crippen molar-refractivity contribution in [2.75, 3.05) is 7.11 Å². The number of hydrogen-bond acceptors (Lipinski definition) is 4. The topological polar surface area (TPSA) is 68.5 Å². The van der Waals surface area contributed by atoms with Gasteiger partial charge in [-0.25, -0.2) is 9.18 Å². The normalized spacial score (nSPS) is 10.6. The molecule has 6 heteroatoms. The molecule has 0 radical (unpaired) electrons. The third-order valence-corrected chi connectivity index (χ3v) is 3.56. The lowest BCUT2D eigenvalue weighted by atomic mass is 10.1. The molecule has 3 aromatic rings. The smallest absolute Gasteiger partial charge is 0.337 e. The van der Waals surface area contributed by atoms with Crippen LogP contribution in [0.4, 0.5) is 4.39 Å². The first kappa shape index (κ1) is 15.7. The highest BCUT2D eigenvalue weighted by Crippen LogP contribution is 2.22. The minimum absolute atomic E-state index is 0.214. The van der Waals surface area contributed by atoms with Crippen LogP contribution in [0.3, 0.4) is 0 Å². The Kier molecular flexibility index (Phi) is 4.29. The van der Waals surface area contributed by atoms with Crippen LogP contribution in [0.2, 0.25) is 0 Å². The van der Waals surface area contributed by atoms with E-state index in [0.29, 0.717) is 11.1 Å². The maximum atomic E-state index is 12.9. The molecule has 2 aromatic carbocycles. The van der Waals surface area contributed by atoms with Gasteiger partial charge in [0.05, 0.1) is 12.7 Å². The van der Waals surface area contributed by atoms with E-state index in [4.69, 9.17) is 9.15 Å². The van der Waals surface area contributed by atoms with Gasteiger partial charge in [0.1, 0.15) is 17.1 Å². The second-order valence-corrected chi connectivity index (χ2v) is 5.15. The lowest BCUT2D eigenvalue weighted by molar-refractivity contribution is 0.0952. The molecule has 3 rings (SSSR count). The summed E-state index contributed by atoms with van der Waals surface area (Å²) in [6.45, 7) is 0.219. The van der Waals surface area contributed by atoms with E-state index in [-0.39, 0.29) is 23.5 Å². The van der Waals surface area contributed by atoms with E-state index in [1.165, 1.54) is 19.2 Å². The summed E-state index contributed by atoms with van der Waals surface area (Å²) in [4.78, 5) is 24.1. The highest BCUT2D eigenvalue weighted by atomic mass is 19.1. The summed E-state index contributed by atoms with van der Waals surface area (Å²) >= 11 is 0. The summed E-state index contributed by atoms with van der Waals surface area (Å²) in [7, 11) is 1.50. The van der Waals surface area contributed by atoms with Crippen molar-refractivity contribution in [1.29, 1.82) is 0 Å². The molecule has 0 fully saturated rings. The van der Waals surface area contributed by atoms with Crippen molar-refractivity contribution in [3.8, 4) is 5.75 Å². The first-order valence-electron chi connectivity index (χ1n) is 7.21. The van der Waals surface area contributed by atoms with Crippen LogP contribution in [-0.4, -0.2) is 13.0 Å². The predicted molar refractivity (Wildman–Crippen MR) is 86.6 cm³/mol. The highest BCUT2D eigenvalue weighted by molar-refractivity contribution is 6.05. The molecule has 0 saturated carbocycles. The van der Waals surface area contributed by atoms with Crippen molar-refractivity contribution >= 4 is 16.9 Å². The van der Waals surface area contributed by atoms with Gasteiger partial charge in [0.25, 0.3) is 5.91 Å². The van der Waals surface area contributed by atoms with Gasteiger partial charge < -0.3 is 14.5 Å². The van der Waals surface area contributed by atoms with Crippen LogP contribution in [0.5, 0.6) is 5.75 Å². The molecule has 5 nitrogen and oxygen atoms in total. The van der Waals surface area contributed by atoms with E-state index in [9.17, 15) is 14.0 Å². The first-order valence-corrected chi connectivity index (χ1v) is 7.21. The molecular weight excluding hydrogens is 313 g/mol. The molecular formula is C18H14FNO4. The van der Waals surface area contributed by atoms with Gasteiger partial charge in [-0.1, -0.05) is 12.1 Å². The zero-order valence-electron chi connectivity index (χ0n) is 12.8. The van der Waals surface area contributed by atoms with Crippen LogP contribution in [-0.2, 0) is 6.54 Å². The minimum atomic E-state index is -0.623. The quantitative estimate of drug-likeness (QED) is 0.748. The fourth-order valence-corrected chi connectivity index (χ4v) is 2.34. The Morgan fingerprint density at radius 3 is 2.62 bits per heavy atom. The number of carbonyl (C=O) groups excluding carboxylic acids is 1. The fraction of sp³-hybridized carbons (Fsp3) is 0.111. The Hall–Kier alpha value is -3.15. The Morgan fingerprint density at radius 1 is 1.17 bits per heavy atom. The van der Waals surface area contributed by atoms with Crippen molar-refractivity contribution in [3.05, 3.63) is 75.9 Å². The molecule has 0 bridgehead atoms. The minimum Gasteiger partial charge on any atom is -0.497 e. The molecule has 0 spiro atoms. The zero-order valence-corrected chi connectivity index (χ0v) is 12.8. The van der Waals surface area contributed by atoms with E-state index in [1.807, 2.05) is 0 Å². The molecule has 122 valence electrons. The van der Waals surface area contributed by atoms with Crippen molar-refractivity contribution in [2.24, 2.45) is 0 Å². The van der Waals surface area contributed by atoms with E-state index in [2.05, 4.69) is 5.32 Å². The molecule has 0 saturated heterocycles. The zero-order chi connectivity index (χ0) is 17.1. The van der Waals surface area contributed by atoms with Gasteiger partial charge in [0.15, 0.2) is 0 Å². The van der Waals surface area contributed by atoms with E-state index >= 15 is 0 Å². The summed E-state index contributed by atoms with van der Waals surface area (Å²) in [6.07, 6.45) is 0. The maximum absolute atomic E-state index is 12.9. The Bertz CT molecular complexity index is 947. The van der Waals surface area contributed by atoms with Gasteiger partial charge in [-0.05, 0) is 29.8 Å². The average Bonchev–Trinajstić information content (AvgIpc) is 2.59. The largest absolute Gasteiger partial charge is 0.497 e. The molecule has 0 unspecified atom stereocenters. The van der Waals surface area contributed by atoms with Gasteiger partial charge in [-0.15, -0.1) is 0 Å². The Morgan fingerprint density at radius 2 is 1.92 bits per heavy atom. The lowest BCUT2D eigenvalue weighted by Crippen LogP contribution is -2.24. The summed E-state index contributed by atoms with van der Waals surface area (Å²) in [5.41, 5.74) is 0.612. The van der Waals surface area contributed by atoms with Gasteiger partial charge in [-0.2, -0.15) is 0 Å². The number of ether oxygens (including phenoxy) is 1. The molecule has 0 aliphatic carbocycles. The second kappa shape index (κ2) is 6.54. The average molecular weight is 327 g/mol. The Labute approximate surface area is 136 Å². The van der Waals surface area contributed by atoms with Crippen LogP contribution in [0.15, 0.2) is 57.7 Å². The Balaban J connectivity index is 1.88. The van der Waals surface area contributed by atoms with Gasteiger partial charge in [0.2, 0.25) is 0 Å². The highest BCUT2D eigenvalue weighted by Gasteiger charge is 2.13. The molecule has 24 heavy (non-hydrogen) atoms. The predicted octanol–water partition coefficient (Wildman–Crippen LogP) is 2.87. The van der Waals surface area contributed by atoms with Crippen LogP contribution >= 0.6 is 0 Å². The van der Waals surface area contributed by atoms with Crippen LogP contribution in [0.1, 0.15) is 15.9 Å². The van der Waals surface area contributed by atoms with Crippen LogP contribution in [0, 0.1) is 5.82 Å². The lowest BCUT2D eigenvalue weighted by Gasteiger charge is -2.08. The summed E-state index contributed by atoms with van der Waals surface area (Å²) in [5, 5.41) is 3.22. The van der Waals surface area contributed by atoms with Crippen LogP contribution < -0.4 is 15.7 Å². The van der Waals surface area contributed by atoms with Crippen molar-refractivity contribution in [2.45, 2.75) is 6.54 Å². The molecule has 0 atom stereocenters. The molecule has 1 aromatic heterocycles. The summed E-state index contributed by atoms with van der Waals surface area (Å²) < 4.78 is 23.1. The third-order valence-electron chi connectivity index (χ3n) is 3.56. The summed E-state index contributed by atoms with van der Waals surface area (Å²) in [5.74, 6) is -0.234. The second-order valence-electron chi connectivity index (χ2n) is 5.15. The number of hydrogen-bond donors (Lipinski definition) is 1. The first-order chi connectivity index (χ1) is 11.6. The van der Waals surface area contributed by atoms with E-state index in [1.54, 1.807) is 30.3 Å². The monoisotopic (exact) mass is 327 g/mol. The van der Waals surface area contributed by atoms with E-state index < -0.39 is 11.5 Å².